The molecule has 0 aliphatic heterocycles. The second kappa shape index (κ2) is 8.06. The fraction of sp³-hybridized carbons (Fsp3) is 0.286. The summed E-state index contributed by atoms with van der Waals surface area (Å²) in [5, 5.41) is 9.10. The molecule has 0 unspecified atom stereocenters. The number of hydrogen-bond donors (Lipinski definition) is 1. The molecule has 0 aliphatic rings. The number of benzene rings is 2. The lowest BCUT2D eigenvalue weighted by molar-refractivity contribution is 0.280. The van der Waals surface area contributed by atoms with E-state index in [1.807, 2.05) is 32.4 Å². The lowest BCUT2D eigenvalue weighted by atomic mass is 10.0. The van der Waals surface area contributed by atoms with Gasteiger partial charge in [0.15, 0.2) is 0 Å². The van der Waals surface area contributed by atoms with Crippen molar-refractivity contribution in [3.8, 4) is 28.3 Å². The fourth-order valence-corrected chi connectivity index (χ4v) is 3.00. The summed E-state index contributed by atoms with van der Waals surface area (Å²) in [4.78, 5) is 6.58. The Morgan fingerprint density at radius 1 is 1.08 bits per heavy atom. The van der Waals surface area contributed by atoms with Gasteiger partial charge in [0, 0.05) is 56.5 Å². The predicted molar refractivity (Wildman–Crippen MR) is 106 cm³/mol. The van der Waals surface area contributed by atoms with Crippen LogP contribution in [0.15, 0.2) is 54.9 Å². The Morgan fingerprint density at radius 3 is 2.46 bits per heavy atom. The van der Waals surface area contributed by atoms with Crippen molar-refractivity contribution in [1.29, 1.82) is 0 Å². The Labute approximate surface area is 154 Å². The maximum atomic E-state index is 9.10. The van der Waals surface area contributed by atoms with E-state index in [1.54, 1.807) is 13.3 Å². The van der Waals surface area contributed by atoms with Crippen molar-refractivity contribution in [2.45, 2.75) is 13.0 Å². The maximum Gasteiger partial charge on any atom is 0.139 e. The van der Waals surface area contributed by atoms with E-state index in [1.165, 1.54) is 0 Å². The smallest absolute Gasteiger partial charge is 0.139 e. The minimum absolute atomic E-state index is 0.170. The molecule has 0 radical (unpaired) electrons. The topological polar surface area (TPSA) is 50.5 Å². The first-order valence-corrected chi connectivity index (χ1v) is 8.72. The standard InChI is InChI=1S/C21H25N3O2/c1-23(2)18-8-5-16(6-9-18)19-15-17(7-10-20(19)26-3)21-22-11-13-24(21)12-4-14-25/h5-11,13,15,25H,4,12,14H2,1-3H3. The summed E-state index contributed by atoms with van der Waals surface area (Å²) in [5.74, 6) is 1.73. The van der Waals surface area contributed by atoms with Gasteiger partial charge in [0.1, 0.15) is 11.6 Å². The van der Waals surface area contributed by atoms with Gasteiger partial charge in [0.05, 0.1) is 7.11 Å². The zero-order chi connectivity index (χ0) is 18.5. The number of methoxy groups -OCH3 is 1. The molecule has 2 aromatic carbocycles. The zero-order valence-electron chi connectivity index (χ0n) is 15.5. The van der Waals surface area contributed by atoms with Gasteiger partial charge >= 0.3 is 0 Å². The van der Waals surface area contributed by atoms with Gasteiger partial charge in [0.2, 0.25) is 0 Å². The van der Waals surface area contributed by atoms with Gasteiger partial charge in [-0.05, 0) is 42.3 Å². The number of imidazole rings is 1. The van der Waals surface area contributed by atoms with Gasteiger partial charge in [-0.15, -0.1) is 0 Å². The largest absolute Gasteiger partial charge is 0.496 e. The number of aryl methyl sites for hydroxylation is 1. The Kier molecular flexibility index (Phi) is 5.58. The molecule has 0 amide bonds. The van der Waals surface area contributed by atoms with Gasteiger partial charge in [-0.2, -0.15) is 0 Å². The van der Waals surface area contributed by atoms with E-state index < -0.39 is 0 Å². The van der Waals surface area contributed by atoms with Crippen LogP contribution in [0.5, 0.6) is 5.75 Å². The van der Waals surface area contributed by atoms with Crippen LogP contribution in [0.25, 0.3) is 22.5 Å². The summed E-state index contributed by atoms with van der Waals surface area (Å²) >= 11 is 0. The lowest BCUT2D eigenvalue weighted by Crippen LogP contribution is -2.07. The van der Waals surface area contributed by atoms with Gasteiger partial charge < -0.3 is 19.3 Å². The molecule has 0 bridgehead atoms. The average molecular weight is 351 g/mol. The first-order chi connectivity index (χ1) is 12.6. The number of hydrogen-bond acceptors (Lipinski definition) is 4. The highest BCUT2D eigenvalue weighted by atomic mass is 16.5. The van der Waals surface area contributed by atoms with Crippen molar-refractivity contribution in [3.05, 3.63) is 54.9 Å². The number of rotatable bonds is 7. The van der Waals surface area contributed by atoms with E-state index in [0.717, 1.165) is 40.5 Å². The molecule has 1 heterocycles. The quantitative estimate of drug-likeness (QED) is 0.706. The minimum Gasteiger partial charge on any atom is -0.496 e. The van der Waals surface area contributed by atoms with Crippen molar-refractivity contribution in [3.63, 3.8) is 0 Å². The number of ether oxygens (including phenoxy) is 1. The first-order valence-electron chi connectivity index (χ1n) is 8.72. The second-order valence-corrected chi connectivity index (χ2v) is 6.38. The van der Waals surface area contributed by atoms with Crippen molar-refractivity contribution >= 4 is 5.69 Å². The predicted octanol–water partition coefficient (Wildman–Crippen LogP) is 3.67. The number of nitrogens with zero attached hydrogens (tertiary/aromatic N) is 3. The van der Waals surface area contributed by atoms with Gasteiger partial charge in [-0.1, -0.05) is 12.1 Å². The summed E-state index contributed by atoms with van der Waals surface area (Å²) < 4.78 is 7.64. The van der Waals surface area contributed by atoms with E-state index in [0.29, 0.717) is 6.42 Å². The number of aliphatic hydroxyl groups is 1. The second-order valence-electron chi connectivity index (χ2n) is 6.38. The molecule has 26 heavy (non-hydrogen) atoms. The summed E-state index contributed by atoms with van der Waals surface area (Å²) in [6, 6.07) is 14.5. The molecule has 0 saturated heterocycles. The van der Waals surface area contributed by atoms with Crippen LogP contribution in [0.1, 0.15) is 6.42 Å². The van der Waals surface area contributed by atoms with E-state index in [4.69, 9.17) is 9.84 Å². The molecular formula is C21H25N3O2. The highest BCUT2D eigenvalue weighted by Gasteiger charge is 2.12. The summed E-state index contributed by atoms with van der Waals surface area (Å²) in [5.41, 5.74) is 4.32. The molecule has 1 aromatic heterocycles. The number of anilines is 1. The van der Waals surface area contributed by atoms with Crippen molar-refractivity contribution in [2.75, 3.05) is 32.7 Å². The highest BCUT2D eigenvalue weighted by molar-refractivity contribution is 5.77. The van der Waals surface area contributed by atoms with Crippen molar-refractivity contribution in [1.82, 2.24) is 9.55 Å². The van der Waals surface area contributed by atoms with Gasteiger partial charge in [0.25, 0.3) is 0 Å². The van der Waals surface area contributed by atoms with Crippen LogP contribution in [0.2, 0.25) is 0 Å². The van der Waals surface area contributed by atoms with Crippen LogP contribution in [0.4, 0.5) is 5.69 Å². The maximum absolute atomic E-state index is 9.10. The average Bonchev–Trinajstić information content (AvgIpc) is 3.14. The summed E-state index contributed by atoms with van der Waals surface area (Å²) in [7, 11) is 5.75. The molecule has 0 spiro atoms. The van der Waals surface area contributed by atoms with Crippen molar-refractivity contribution in [2.24, 2.45) is 0 Å². The third-order valence-electron chi connectivity index (χ3n) is 4.42. The molecule has 3 aromatic rings. The Hall–Kier alpha value is -2.79. The van der Waals surface area contributed by atoms with Crippen LogP contribution in [-0.2, 0) is 6.54 Å². The molecule has 0 saturated carbocycles. The van der Waals surface area contributed by atoms with Crippen LogP contribution < -0.4 is 9.64 Å². The molecule has 5 heteroatoms. The van der Waals surface area contributed by atoms with Crippen molar-refractivity contribution < 1.29 is 9.84 Å². The summed E-state index contributed by atoms with van der Waals surface area (Å²) in [6.07, 6.45) is 4.45. The molecule has 1 N–H and O–H groups in total. The van der Waals surface area contributed by atoms with Crippen LogP contribution >= 0.6 is 0 Å². The third-order valence-corrected chi connectivity index (χ3v) is 4.42. The van der Waals surface area contributed by atoms with E-state index in [9.17, 15) is 0 Å². The molecule has 3 rings (SSSR count). The Bertz CT molecular complexity index is 854. The summed E-state index contributed by atoms with van der Waals surface area (Å²) in [6.45, 7) is 0.911. The Morgan fingerprint density at radius 2 is 1.81 bits per heavy atom. The normalized spacial score (nSPS) is 10.8. The molecular weight excluding hydrogens is 326 g/mol. The lowest BCUT2D eigenvalue weighted by Gasteiger charge is -2.15. The Balaban J connectivity index is 2.01. The molecule has 0 aliphatic carbocycles. The van der Waals surface area contributed by atoms with Crippen LogP contribution in [0, 0.1) is 0 Å². The molecule has 0 fully saturated rings. The monoisotopic (exact) mass is 351 g/mol. The van der Waals surface area contributed by atoms with Crippen LogP contribution in [-0.4, -0.2) is 42.5 Å². The molecule has 0 atom stereocenters. The number of aromatic nitrogens is 2. The molecule has 136 valence electrons. The molecule has 5 nitrogen and oxygen atoms in total. The number of aliphatic hydroxyl groups excluding tert-OH is 1. The SMILES string of the molecule is COc1ccc(-c2nccn2CCCO)cc1-c1ccc(N(C)C)cc1. The zero-order valence-corrected chi connectivity index (χ0v) is 15.5. The van der Waals surface area contributed by atoms with Crippen LogP contribution in [0.3, 0.4) is 0 Å². The van der Waals surface area contributed by atoms with E-state index in [-0.39, 0.29) is 6.61 Å². The van der Waals surface area contributed by atoms with E-state index >= 15 is 0 Å². The minimum atomic E-state index is 0.170. The van der Waals surface area contributed by atoms with Gasteiger partial charge in [-0.25, -0.2) is 4.98 Å². The third kappa shape index (κ3) is 3.73. The first kappa shape index (κ1) is 18.0. The van der Waals surface area contributed by atoms with Gasteiger partial charge in [-0.3, -0.25) is 0 Å². The fourth-order valence-electron chi connectivity index (χ4n) is 3.00. The van der Waals surface area contributed by atoms with E-state index in [2.05, 4.69) is 44.8 Å². The highest BCUT2D eigenvalue weighted by Crippen LogP contribution is 2.34.